The summed E-state index contributed by atoms with van der Waals surface area (Å²) in [6.07, 6.45) is -1.08. The third-order valence-corrected chi connectivity index (χ3v) is 3.24. The number of imide groups is 1. The smallest absolute Gasteiger partial charge is 0.339 e. The Hall–Kier alpha value is -2.89. The van der Waals surface area contributed by atoms with Gasteiger partial charge in [-0.3, -0.25) is 10.1 Å². The van der Waals surface area contributed by atoms with Crippen LogP contribution in [0, 0.1) is 0 Å². The van der Waals surface area contributed by atoms with Crippen molar-refractivity contribution in [1.29, 1.82) is 0 Å². The molecule has 0 fully saturated rings. The minimum Gasteiger partial charge on any atom is -0.449 e. The predicted molar refractivity (Wildman–Crippen MR) is 86.0 cm³/mol. The highest BCUT2D eigenvalue weighted by molar-refractivity contribution is 6.05. The lowest BCUT2D eigenvalue weighted by Gasteiger charge is -2.14. The zero-order chi connectivity index (χ0) is 16.8. The first-order valence-corrected chi connectivity index (χ1v) is 7.30. The number of carbonyl (C=O) groups excluding carboxylic acids is 3. The summed E-state index contributed by atoms with van der Waals surface area (Å²) in [7, 11) is 0. The van der Waals surface area contributed by atoms with Gasteiger partial charge in [0.25, 0.3) is 5.91 Å². The fourth-order valence-corrected chi connectivity index (χ4v) is 2.10. The maximum Gasteiger partial charge on any atom is 0.339 e. The lowest BCUT2D eigenvalue weighted by Crippen LogP contribution is -2.44. The lowest BCUT2D eigenvalue weighted by molar-refractivity contribution is -0.127. The van der Waals surface area contributed by atoms with Gasteiger partial charge in [-0.2, -0.15) is 0 Å². The molecule has 2 aromatic carbocycles. The van der Waals surface area contributed by atoms with Crippen molar-refractivity contribution in [3.63, 3.8) is 0 Å². The van der Waals surface area contributed by atoms with Gasteiger partial charge >= 0.3 is 12.0 Å². The molecule has 6 heteroatoms. The highest BCUT2D eigenvalue weighted by Gasteiger charge is 2.21. The molecule has 0 aliphatic carbocycles. The second-order valence-electron chi connectivity index (χ2n) is 4.92. The third-order valence-electron chi connectivity index (χ3n) is 3.24. The molecule has 0 radical (unpaired) electrons. The van der Waals surface area contributed by atoms with E-state index in [2.05, 4.69) is 10.6 Å². The van der Waals surface area contributed by atoms with E-state index in [9.17, 15) is 14.4 Å². The number of benzene rings is 2. The number of urea groups is 1. The van der Waals surface area contributed by atoms with Gasteiger partial charge in [0.15, 0.2) is 6.10 Å². The summed E-state index contributed by atoms with van der Waals surface area (Å²) in [4.78, 5) is 35.4. The van der Waals surface area contributed by atoms with Crippen LogP contribution in [0.2, 0.25) is 0 Å². The van der Waals surface area contributed by atoms with Crippen LogP contribution in [0.3, 0.4) is 0 Å². The van der Waals surface area contributed by atoms with Gasteiger partial charge in [0.05, 0.1) is 5.56 Å². The van der Waals surface area contributed by atoms with E-state index in [0.717, 1.165) is 10.8 Å². The molecule has 3 amide bonds. The lowest BCUT2D eigenvalue weighted by atomic mass is 10.0. The van der Waals surface area contributed by atoms with Crippen molar-refractivity contribution in [2.45, 2.75) is 20.0 Å². The maximum atomic E-state index is 12.3. The van der Waals surface area contributed by atoms with Crippen molar-refractivity contribution >= 4 is 28.7 Å². The van der Waals surface area contributed by atoms with E-state index >= 15 is 0 Å². The first-order chi connectivity index (χ1) is 11.0. The standard InChI is InChI=1S/C17H18N2O4/c1-3-18-17(22)19-15(20)11(2)23-16(21)14-10-6-8-12-7-4-5-9-13(12)14/h4-11H,3H2,1-2H3,(H2,18,19,20,22)/t11-/m0/s1. The summed E-state index contributed by atoms with van der Waals surface area (Å²) >= 11 is 0. The molecule has 1 atom stereocenters. The molecule has 120 valence electrons. The number of hydrogen-bond acceptors (Lipinski definition) is 4. The first-order valence-electron chi connectivity index (χ1n) is 7.30. The molecule has 2 rings (SSSR count). The van der Waals surface area contributed by atoms with Crippen molar-refractivity contribution in [2.75, 3.05) is 6.54 Å². The van der Waals surface area contributed by atoms with E-state index in [1.54, 1.807) is 19.1 Å². The van der Waals surface area contributed by atoms with Crippen molar-refractivity contribution in [3.05, 3.63) is 48.0 Å². The Bertz CT molecular complexity index is 737. The number of fused-ring (bicyclic) bond motifs is 1. The molecule has 0 saturated heterocycles. The van der Waals surface area contributed by atoms with Gasteiger partial charge < -0.3 is 10.1 Å². The molecule has 0 aromatic heterocycles. The van der Waals surface area contributed by atoms with Gasteiger partial charge in [-0.1, -0.05) is 36.4 Å². The van der Waals surface area contributed by atoms with E-state index in [0.29, 0.717) is 12.1 Å². The molecular formula is C17H18N2O4. The number of esters is 1. The number of rotatable bonds is 4. The van der Waals surface area contributed by atoms with Crippen LogP contribution in [-0.4, -0.2) is 30.6 Å². The topological polar surface area (TPSA) is 84.5 Å². The third kappa shape index (κ3) is 4.06. The number of hydrogen-bond donors (Lipinski definition) is 2. The second-order valence-corrected chi connectivity index (χ2v) is 4.92. The molecule has 23 heavy (non-hydrogen) atoms. The van der Waals surface area contributed by atoms with Crippen LogP contribution < -0.4 is 10.6 Å². The van der Waals surface area contributed by atoms with Crippen LogP contribution in [0.4, 0.5) is 4.79 Å². The molecular weight excluding hydrogens is 296 g/mol. The monoisotopic (exact) mass is 314 g/mol. The van der Waals surface area contributed by atoms with Crippen LogP contribution in [0.15, 0.2) is 42.5 Å². The highest BCUT2D eigenvalue weighted by Crippen LogP contribution is 2.19. The minimum absolute atomic E-state index is 0.376. The fourth-order valence-electron chi connectivity index (χ4n) is 2.10. The first kappa shape index (κ1) is 16.5. The Labute approximate surface area is 133 Å². The van der Waals surface area contributed by atoms with Crippen LogP contribution in [-0.2, 0) is 9.53 Å². The van der Waals surface area contributed by atoms with Crippen molar-refractivity contribution in [1.82, 2.24) is 10.6 Å². The summed E-state index contributed by atoms with van der Waals surface area (Å²) in [5.41, 5.74) is 0.376. The van der Waals surface area contributed by atoms with Gasteiger partial charge in [0.2, 0.25) is 0 Å². The Morgan fingerprint density at radius 2 is 1.78 bits per heavy atom. The number of nitrogens with one attached hydrogen (secondary N) is 2. The van der Waals surface area contributed by atoms with Gasteiger partial charge in [0.1, 0.15) is 0 Å². The summed E-state index contributed by atoms with van der Waals surface area (Å²) in [5, 5.41) is 6.19. The Morgan fingerprint density at radius 3 is 2.52 bits per heavy atom. The van der Waals surface area contributed by atoms with E-state index in [1.807, 2.05) is 30.3 Å². The van der Waals surface area contributed by atoms with E-state index in [1.165, 1.54) is 6.92 Å². The minimum atomic E-state index is -1.08. The molecule has 0 unspecified atom stereocenters. The quantitative estimate of drug-likeness (QED) is 0.848. The molecule has 0 heterocycles. The summed E-state index contributed by atoms with van der Waals surface area (Å²) in [6, 6.07) is 12.0. The molecule has 0 saturated carbocycles. The van der Waals surface area contributed by atoms with Gasteiger partial charge in [0, 0.05) is 6.54 Å². The van der Waals surface area contributed by atoms with Crippen molar-refractivity contribution < 1.29 is 19.1 Å². The molecule has 0 aliphatic heterocycles. The van der Waals surface area contributed by atoms with E-state index in [4.69, 9.17) is 4.74 Å². The van der Waals surface area contributed by atoms with Crippen LogP contribution >= 0.6 is 0 Å². The summed E-state index contributed by atoms with van der Waals surface area (Å²) < 4.78 is 5.15. The van der Waals surface area contributed by atoms with E-state index in [-0.39, 0.29) is 0 Å². The molecule has 0 aliphatic rings. The Balaban J connectivity index is 2.08. The van der Waals surface area contributed by atoms with Crippen LogP contribution in [0.1, 0.15) is 24.2 Å². The second kappa shape index (κ2) is 7.40. The maximum absolute atomic E-state index is 12.3. The van der Waals surface area contributed by atoms with Crippen LogP contribution in [0.5, 0.6) is 0 Å². The van der Waals surface area contributed by atoms with E-state index < -0.39 is 24.0 Å². The summed E-state index contributed by atoms with van der Waals surface area (Å²) in [5.74, 6) is -1.29. The van der Waals surface area contributed by atoms with Gasteiger partial charge in [-0.05, 0) is 30.7 Å². The summed E-state index contributed by atoms with van der Waals surface area (Å²) in [6.45, 7) is 3.54. The molecule has 0 bridgehead atoms. The van der Waals surface area contributed by atoms with Crippen LogP contribution in [0.25, 0.3) is 10.8 Å². The predicted octanol–water partition coefficient (Wildman–Crippen LogP) is 2.23. The largest absolute Gasteiger partial charge is 0.449 e. The molecule has 6 nitrogen and oxygen atoms in total. The average molecular weight is 314 g/mol. The SMILES string of the molecule is CCNC(=O)NC(=O)[C@H](C)OC(=O)c1cccc2ccccc12. The molecule has 2 N–H and O–H groups in total. The zero-order valence-electron chi connectivity index (χ0n) is 13.0. The fraction of sp³-hybridized carbons (Fsp3) is 0.235. The zero-order valence-corrected chi connectivity index (χ0v) is 13.0. The van der Waals surface area contributed by atoms with Gasteiger partial charge in [-0.25, -0.2) is 9.59 Å². The Kier molecular flexibility index (Phi) is 5.30. The molecule has 0 spiro atoms. The van der Waals surface area contributed by atoms with Crippen molar-refractivity contribution in [3.8, 4) is 0 Å². The molecule has 2 aromatic rings. The highest BCUT2D eigenvalue weighted by atomic mass is 16.5. The number of amides is 3. The number of ether oxygens (including phenoxy) is 1. The van der Waals surface area contributed by atoms with Crippen molar-refractivity contribution in [2.24, 2.45) is 0 Å². The number of carbonyl (C=O) groups is 3. The average Bonchev–Trinajstić information content (AvgIpc) is 2.54. The normalized spacial score (nSPS) is 11.6. The Morgan fingerprint density at radius 1 is 1.09 bits per heavy atom. The van der Waals surface area contributed by atoms with Gasteiger partial charge in [-0.15, -0.1) is 0 Å².